The molecule has 1 heterocycles. The van der Waals surface area contributed by atoms with E-state index in [0.717, 1.165) is 5.56 Å². The van der Waals surface area contributed by atoms with Gasteiger partial charge >= 0.3 is 5.97 Å². The summed E-state index contributed by atoms with van der Waals surface area (Å²) in [6.07, 6.45) is 1.33. The highest BCUT2D eigenvalue weighted by Crippen LogP contribution is 2.27. The zero-order valence-corrected chi connectivity index (χ0v) is 13.3. The van der Waals surface area contributed by atoms with Gasteiger partial charge in [-0.3, -0.25) is 4.79 Å². The van der Waals surface area contributed by atoms with Gasteiger partial charge in [-0.25, -0.2) is 9.18 Å². The Morgan fingerprint density at radius 3 is 2.64 bits per heavy atom. The molecule has 7 heteroatoms. The van der Waals surface area contributed by atoms with Crippen LogP contribution in [0.2, 0.25) is 10.0 Å². The first-order chi connectivity index (χ1) is 10.3. The van der Waals surface area contributed by atoms with Crippen molar-refractivity contribution in [1.29, 1.82) is 0 Å². The van der Waals surface area contributed by atoms with Gasteiger partial charge in [-0.1, -0.05) is 29.3 Å². The second-order valence-corrected chi connectivity index (χ2v) is 6.25. The number of carboxylic acids is 1. The average Bonchev–Trinajstić information content (AvgIpc) is 2.87. The fourth-order valence-corrected chi connectivity index (χ4v) is 2.78. The molecule has 0 radical (unpaired) electrons. The third-order valence-corrected chi connectivity index (χ3v) is 4.53. The Labute approximate surface area is 137 Å². The maximum Gasteiger partial charge on any atom is 0.343 e. The Morgan fingerprint density at radius 1 is 1.32 bits per heavy atom. The SMILES string of the molecule is O=C(CCCc1ccc(Cl)c(Cl)c1)N1CCC(F)(C(=O)O)C1. The van der Waals surface area contributed by atoms with Crippen LogP contribution in [0.4, 0.5) is 4.39 Å². The molecular formula is C15H16Cl2FNO3. The van der Waals surface area contributed by atoms with Crippen LogP contribution in [0.25, 0.3) is 0 Å². The van der Waals surface area contributed by atoms with Crippen LogP contribution in [-0.4, -0.2) is 40.6 Å². The molecule has 0 bridgehead atoms. The summed E-state index contributed by atoms with van der Waals surface area (Å²) in [5.41, 5.74) is -1.34. The number of carbonyl (C=O) groups is 2. The number of likely N-dealkylation sites (tertiary alicyclic amines) is 1. The van der Waals surface area contributed by atoms with Crippen molar-refractivity contribution in [2.45, 2.75) is 31.4 Å². The quantitative estimate of drug-likeness (QED) is 0.888. The van der Waals surface area contributed by atoms with Crippen LogP contribution in [-0.2, 0) is 16.0 Å². The normalized spacial score (nSPS) is 21.1. The topological polar surface area (TPSA) is 57.6 Å². The fourth-order valence-electron chi connectivity index (χ4n) is 2.46. The fraction of sp³-hybridized carbons (Fsp3) is 0.467. The smallest absolute Gasteiger partial charge is 0.343 e. The van der Waals surface area contributed by atoms with Gasteiger partial charge in [0.15, 0.2) is 0 Å². The molecule has 1 N–H and O–H groups in total. The monoisotopic (exact) mass is 347 g/mol. The summed E-state index contributed by atoms with van der Waals surface area (Å²) in [6, 6.07) is 5.29. The molecule has 1 aromatic rings. The zero-order chi connectivity index (χ0) is 16.3. The Kier molecular flexibility index (Phi) is 5.29. The summed E-state index contributed by atoms with van der Waals surface area (Å²) in [5, 5.41) is 9.75. The van der Waals surface area contributed by atoms with Crippen LogP contribution in [0.1, 0.15) is 24.8 Å². The van der Waals surface area contributed by atoms with Crippen molar-refractivity contribution in [2.24, 2.45) is 0 Å². The molecule has 1 aromatic carbocycles. The Bertz CT molecular complexity index is 596. The minimum absolute atomic E-state index is 0.147. The highest BCUT2D eigenvalue weighted by atomic mass is 35.5. The van der Waals surface area contributed by atoms with Crippen molar-refractivity contribution in [3.8, 4) is 0 Å². The van der Waals surface area contributed by atoms with Gasteiger partial charge < -0.3 is 10.0 Å². The molecule has 0 spiro atoms. The maximum atomic E-state index is 13.9. The zero-order valence-electron chi connectivity index (χ0n) is 11.8. The van der Waals surface area contributed by atoms with E-state index in [4.69, 9.17) is 28.3 Å². The number of aliphatic carboxylic acids is 1. The molecule has 1 amide bonds. The molecule has 1 unspecified atom stereocenters. The first-order valence-electron chi connectivity index (χ1n) is 6.96. The van der Waals surface area contributed by atoms with E-state index in [1.165, 1.54) is 4.90 Å². The van der Waals surface area contributed by atoms with E-state index in [1.54, 1.807) is 12.1 Å². The van der Waals surface area contributed by atoms with Crippen LogP contribution in [0, 0.1) is 0 Å². The Hall–Kier alpha value is -1.33. The minimum Gasteiger partial charge on any atom is -0.479 e. The summed E-state index contributed by atoms with van der Waals surface area (Å²) in [4.78, 5) is 24.1. The van der Waals surface area contributed by atoms with Gasteiger partial charge in [-0.15, -0.1) is 0 Å². The highest BCUT2D eigenvalue weighted by molar-refractivity contribution is 6.42. The summed E-state index contributed by atoms with van der Waals surface area (Å²) in [7, 11) is 0. The molecule has 22 heavy (non-hydrogen) atoms. The number of carbonyl (C=O) groups excluding carboxylic acids is 1. The van der Waals surface area contributed by atoms with Crippen molar-refractivity contribution >= 4 is 35.1 Å². The lowest BCUT2D eigenvalue weighted by atomic mass is 10.1. The summed E-state index contributed by atoms with van der Waals surface area (Å²) in [6.45, 7) is -0.220. The van der Waals surface area contributed by atoms with Crippen LogP contribution in [0.3, 0.4) is 0 Å². The second kappa shape index (κ2) is 6.84. The third-order valence-electron chi connectivity index (χ3n) is 3.80. The molecular weight excluding hydrogens is 332 g/mol. The number of nitrogens with zero attached hydrogens (tertiary/aromatic N) is 1. The Morgan fingerprint density at radius 2 is 2.05 bits per heavy atom. The van der Waals surface area contributed by atoms with Gasteiger partial charge in [0.05, 0.1) is 16.6 Å². The summed E-state index contributed by atoms with van der Waals surface area (Å²) < 4.78 is 13.9. The molecule has 1 atom stereocenters. The number of hydrogen-bond donors (Lipinski definition) is 1. The number of hydrogen-bond acceptors (Lipinski definition) is 2. The first kappa shape index (κ1) is 17.0. The third kappa shape index (κ3) is 3.90. The number of rotatable bonds is 5. The van der Waals surface area contributed by atoms with Gasteiger partial charge in [0.25, 0.3) is 0 Å². The Balaban J connectivity index is 1.81. The van der Waals surface area contributed by atoms with E-state index in [1.807, 2.05) is 6.07 Å². The molecule has 0 aliphatic carbocycles. The predicted octanol–water partition coefficient (Wildman–Crippen LogP) is 3.34. The second-order valence-electron chi connectivity index (χ2n) is 5.44. The van der Waals surface area contributed by atoms with E-state index in [2.05, 4.69) is 0 Å². The molecule has 1 aliphatic heterocycles. The first-order valence-corrected chi connectivity index (χ1v) is 7.71. The number of alkyl halides is 1. The van der Waals surface area contributed by atoms with E-state index >= 15 is 0 Å². The number of aryl methyl sites for hydroxylation is 1. The van der Waals surface area contributed by atoms with Crippen LogP contribution in [0.5, 0.6) is 0 Å². The molecule has 1 fully saturated rings. The maximum absolute atomic E-state index is 13.9. The number of benzene rings is 1. The highest BCUT2D eigenvalue weighted by Gasteiger charge is 2.46. The summed E-state index contributed by atoms with van der Waals surface area (Å²) >= 11 is 11.7. The van der Waals surface area contributed by atoms with E-state index in [-0.39, 0.29) is 31.8 Å². The number of carboxylic acid groups (broad SMARTS) is 1. The van der Waals surface area contributed by atoms with Gasteiger partial charge in [-0.05, 0) is 30.5 Å². The molecule has 0 saturated carbocycles. The summed E-state index contributed by atoms with van der Waals surface area (Å²) in [5.74, 6) is -1.72. The lowest BCUT2D eigenvalue weighted by Gasteiger charge is -2.17. The van der Waals surface area contributed by atoms with Crippen molar-refractivity contribution in [3.05, 3.63) is 33.8 Å². The lowest BCUT2D eigenvalue weighted by Crippen LogP contribution is -2.38. The lowest BCUT2D eigenvalue weighted by molar-refractivity contribution is -0.150. The van der Waals surface area contributed by atoms with E-state index in [9.17, 15) is 14.0 Å². The van der Waals surface area contributed by atoms with E-state index in [0.29, 0.717) is 22.9 Å². The van der Waals surface area contributed by atoms with Crippen LogP contribution >= 0.6 is 23.2 Å². The number of amides is 1. The molecule has 1 aliphatic rings. The molecule has 0 aromatic heterocycles. The van der Waals surface area contributed by atoms with Gasteiger partial charge in [0.1, 0.15) is 0 Å². The van der Waals surface area contributed by atoms with Gasteiger partial charge in [0.2, 0.25) is 11.6 Å². The predicted molar refractivity (Wildman–Crippen MR) is 82.1 cm³/mol. The average molecular weight is 348 g/mol. The van der Waals surface area contributed by atoms with Crippen LogP contribution < -0.4 is 0 Å². The van der Waals surface area contributed by atoms with Crippen molar-refractivity contribution in [3.63, 3.8) is 0 Å². The minimum atomic E-state index is -2.31. The standard InChI is InChI=1S/C15H16Cl2FNO3/c16-11-5-4-10(8-12(11)17)2-1-3-13(20)19-7-6-15(18,9-19)14(21)22/h4-5,8H,1-3,6-7,9H2,(H,21,22). The van der Waals surface area contributed by atoms with Gasteiger partial charge in [0, 0.05) is 19.4 Å². The molecule has 1 saturated heterocycles. The van der Waals surface area contributed by atoms with Crippen molar-refractivity contribution in [2.75, 3.05) is 13.1 Å². The van der Waals surface area contributed by atoms with Gasteiger partial charge in [-0.2, -0.15) is 0 Å². The number of halogens is 3. The van der Waals surface area contributed by atoms with Crippen molar-refractivity contribution in [1.82, 2.24) is 4.90 Å². The molecule has 120 valence electrons. The molecule has 2 rings (SSSR count). The largest absolute Gasteiger partial charge is 0.479 e. The van der Waals surface area contributed by atoms with Crippen molar-refractivity contribution < 1.29 is 19.1 Å². The molecule has 4 nitrogen and oxygen atoms in total. The van der Waals surface area contributed by atoms with Crippen LogP contribution in [0.15, 0.2) is 18.2 Å². The van der Waals surface area contributed by atoms with E-state index < -0.39 is 11.6 Å².